The Morgan fingerprint density at radius 3 is 2.42 bits per heavy atom. The fraction of sp³-hybridized carbons (Fsp3) is 0.381. The van der Waals surface area contributed by atoms with Gasteiger partial charge in [0.15, 0.2) is 0 Å². The summed E-state index contributed by atoms with van der Waals surface area (Å²) in [6.07, 6.45) is 2.19. The van der Waals surface area contributed by atoms with Crippen LogP contribution in [-0.2, 0) is 17.8 Å². The first-order valence-corrected chi connectivity index (χ1v) is 8.77. The van der Waals surface area contributed by atoms with Crippen LogP contribution in [0, 0.1) is 0 Å². The molecule has 0 aliphatic rings. The van der Waals surface area contributed by atoms with Gasteiger partial charge in [-0.1, -0.05) is 55.5 Å². The van der Waals surface area contributed by atoms with E-state index in [9.17, 15) is 4.79 Å². The molecule has 0 atom stereocenters. The fourth-order valence-electron chi connectivity index (χ4n) is 2.77. The lowest BCUT2D eigenvalue weighted by Crippen LogP contribution is -2.31. The molecule has 0 aliphatic heterocycles. The van der Waals surface area contributed by atoms with Crippen molar-refractivity contribution in [3.05, 3.63) is 65.7 Å². The van der Waals surface area contributed by atoms with E-state index in [1.165, 1.54) is 5.56 Å². The Labute approximate surface area is 145 Å². The number of nitrogens with zero attached hydrogens (tertiary/aromatic N) is 1. The Morgan fingerprint density at radius 1 is 1.00 bits per heavy atom. The van der Waals surface area contributed by atoms with Crippen molar-refractivity contribution >= 4 is 5.91 Å². The SMILES string of the molecule is CCCN(Cc1ccccc1)C(=O)CCc1ccccc1OCC. The number of ether oxygens (including phenoxy) is 1. The van der Waals surface area contributed by atoms with E-state index in [4.69, 9.17) is 4.74 Å². The van der Waals surface area contributed by atoms with Crippen LogP contribution in [0.3, 0.4) is 0 Å². The zero-order valence-electron chi connectivity index (χ0n) is 14.7. The Hall–Kier alpha value is -2.29. The van der Waals surface area contributed by atoms with Gasteiger partial charge in [0.2, 0.25) is 5.91 Å². The molecule has 0 spiro atoms. The molecule has 2 aromatic carbocycles. The van der Waals surface area contributed by atoms with Gasteiger partial charge < -0.3 is 9.64 Å². The highest BCUT2D eigenvalue weighted by atomic mass is 16.5. The number of amides is 1. The Morgan fingerprint density at radius 2 is 1.71 bits per heavy atom. The summed E-state index contributed by atoms with van der Waals surface area (Å²) in [5.74, 6) is 1.09. The molecule has 0 aromatic heterocycles. The fourth-order valence-corrected chi connectivity index (χ4v) is 2.77. The highest BCUT2D eigenvalue weighted by Gasteiger charge is 2.14. The molecule has 2 rings (SSSR count). The molecule has 3 nitrogen and oxygen atoms in total. The van der Waals surface area contributed by atoms with Gasteiger partial charge in [0.05, 0.1) is 6.61 Å². The Balaban J connectivity index is 1.98. The average molecular weight is 325 g/mol. The molecule has 128 valence electrons. The van der Waals surface area contributed by atoms with E-state index in [1.807, 2.05) is 54.3 Å². The molecule has 0 unspecified atom stereocenters. The lowest BCUT2D eigenvalue weighted by molar-refractivity contribution is -0.131. The van der Waals surface area contributed by atoms with Crippen molar-refractivity contribution in [1.29, 1.82) is 0 Å². The van der Waals surface area contributed by atoms with Gasteiger partial charge in [0.25, 0.3) is 0 Å². The highest BCUT2D eigenvalue weighted by Crippen LogP contribution is 2.20. The van der Waals surface area contributed by atoms with Gasteiger partial charge in [-0.3, -0.25) is 4.79 Å². The van der Waals surface area contributed by atoms with Gasteiger partial charge >= 0.3 is 0 Å². The maximum absolute atomic E-state index is 12.7. The van der Waals surface area contributed by atoms with Gasteiger partial charge in [-0.15, -0.1) is 0 Å². The molecular formula is C21H27NO2. The van der Waals surface area contributed by atoms with Crippen LogP contribution < -0.4 is 4.74 Å². The van der Waals surface area contributed by atoms with Crippen LogP contribution in [0.15, 0.2) is 54.6 Å². The Kier molecular flexibility index (Phi) is 7.34. The standard InChI is InChI=1S/C21H27NO2/c1-3-16-22(17-18-10-6-5-7-11-18)21(23)15-14-19-12-8-9-13-20(19)24-4-2/h5-13H,3-4,14-17H2,1-2H3. The molecule has 3 heteroatoms. The number of carbonyl (C=O) groups excluding carboxylic acids is 1. The molecular weight excluding hydrogens is 298 g/mol. The van der Waals surface area contributed by atoms with Crippen LogP contribution in [0.4, 0.5) is 0 Å². The van der Waals surface area contributed by atoms with Crippen molar-refractivity contribution < 1.29 is 9.53 Å². The van der Waals surface area contributed by atoms with Crippen molar-refractivity contribution in [3.63, 3.8) is 0 Å². The van der Waals surface area contributed by atoms with Crippen LogP contribution in [0.25, 0.3) is 0 Å². The molecule has 0 aliphatic carbocycles. The van der Waals surface area contributed by atoms with Crippen LogP contribution in [0.2, 0.25) is 0 Å². The summed E-state index contributed by atoms with van der Waals surface area (Å²) in [4.78, 5) is 14.6. The zero-order chi connectivity index (χ0) is 17.2. The third-order valence-electron chi connectivity index (χ3n) is 3.94. The average Bonchev–Trinajstić information content (AvgIpc) is 2.61. The van der Waals surface area contributed by atoms with Crippen molar-refractivity contribution in [1.82, 2.24) is 4.90 Å². The molecule has 0 saturated carbocycles. The lowest BCUT2D eigenvalue weighted by atomic mass is 10.1. The normalized spacial score (nSPS) is 10.4. The molecule has 1 amide bonds. The minimum absolute atomic E-state index is 0.201. The number of benzene rings is 2. The van der Waals surface area contributed by atoms with E-state index in [0.717, 1.165) is 24.3 Å². The minimum Gasteiger partial charge on any atom is -0.494 e. The van der Waals surface area contributed by atoms with E-state index in [1.54, 1.807) is 0 Å². The molecule has 0 heterocycles. The molecule has 0 radical (unpaired) electrons. The van der Waals surface area contributed by atoms with Gasteiger partial charge in [-0.2, -0.15) is 0 Å². The van der Waals surface area contributed by atoms with Crippen LogP contribution in [0.5, 0.6) is 5.75 Å². The Bertz CT molecular complexity index is 625. The second-order valence-electron chi connectivity index (χ2n) is 5.84. The van der Waals surface area contributed by atoms with Gasteiger partial charge in [0.1, 0.15) is 5.75 Å². The molecule has 24 heavy (non-hydrogen) atoms. The van der Waals surface area contributed by atoms with Crippen molar-refractivity contribution in [2.45, 2.75) is 39.7 Å². The summed E-state index contributed by atoms with van der Waals surface area (Å²) < 4.78 is 5.65. The number of rotatable bonds is 9. The molecule has 0 bridgehead atoms. The summed E-state index contributed by atoms with van der Waals surface area (Å²) in [6, 6.07) is 18.1. The smallest absolute Gasteiger partial charge is 0.223 e. The van der Waals surface area contributed by atoms with Crippen LogP contribution >= 0.6 is 0 Å². The number of hydrogen-bond donors (Lipinski definition) is 0. The first-order chi connectivity index (χ1) is 11.7. The van der Waals surface area contributed by atoms with Crippen molar-refractivity contribution in [2.24, 2.45) is 0 Å². The topological polar surface area (TPSA) is 29.5 Å². The van der Waals surface area contributed by atoms with Gasteiger partial charge in [-0.25, -0.2) is 0 Å². The summed E-state index contributed by atoms with van der Waals surface area (Å²) in [5.41, 5.74) is 2.28. The summed E-state index contributed by atoms with van der Waals surface area (Å²) in [7, 11) is 0. The number of para-hydroxylation sites is 1. The lowest BCUT2D eigenvalue weighted by Gasteiger charge is -2.22. The maximum atomic E-state index is 12.7. The van der Waals surface area contributed by atoms with E-state index < -0.39 is 0 Å². The van der Waals surface area contributed by atoms with Crippen molar-refractivity contribution in [3.8, 4) is 5.75 Å². The summed E-state index contributed by atoms with van der Waals surface area (Å²) >= 11 is 0. The van der Waals surface area contributed by atoms with E-state index >= 15 is 0 Å². The van der Waals surface area contributed by atoms with Gasteiger partial charge in [-0.05, 0) is 37.0 Å². The predicted octanol–water partition coefficient (Wildman–Crippen LogP) is 4.46. The third kappa shape index (κ3) is 5.41. The maximum Gasteiger partial charge on any atom is 0.223 e. The van der Waals surface area contributed by atoms with E-state index in [0.29, 0.717) is 26.0 Å². The number of carbonyl (C=O) groups is 1. The minimum atomic E-state index is 0.201. The molecule has 0 N–H and O–H groups in total. The van der Waals surface area contributed by atoms with Crippen LogP contribution in [-0.4, -0.2) is 24.0 Å². The highest BCUT2D eigenvalue weighted by molar-refractivity contribution is 5.76. The third-order valence-corrected chi connectivity index (χ3v) is 3.94. The zero-order valence-corrected chi connectivity index (χ0v) is 14.7. The summed E-state index contributed by atoms with van der Waals surface area (Å²) in [6.45, 7) is 6.20. The molecule has 0 fully saturated rings. The summed E-state index contributed by atoms with van der Waals surface area (Å²) in [5, 5.41) is 0. The quantitative estimate of drug-likeness (QED) is 0.681. The molecule has 0 saturated heterocycles. The van der Waals surface area contributed by atoms with Crippen LogP contribution in [0.1, 0.15) is 37.8 Å². The molecule has 2 aromatic rings. The monoisotopic (exact) mass is 325 g/mol. The number of aryl methyl sites for hydroxylation is 1. The van der Waals surface area contributed by atoms with Crippen molar-refractivity contribution in [2.75, 3.05) is 13.2 Å². The predicted molar refractivity (Wildman–Crippen MR) is 98.1 cm³/mol. The first-order valence-electron chi connectivity index (χ1n) is 8.77. The first kappa shape index (κ1) is 18.1. The second kappa shape index (κ2) is 9.76. The van der Waals surface area contributed by atoms with E-state index in [-0.39, 0.29) is 5.91 Å². The van der Waals surface area contributed by atoms with Gasteiger partial charge in [0, 0.05) is 19.5 Å². The largest absolute Gasteiger partial charge is 0.494 e. The van der Waals surface area contributed by atoms with E-state index in [2.05, 4.69) is 19.1 Å². The number of hydrogen-bond acceptors (Lipinski definition) is 2. The second-order valence-corrected chi connectivity index (χ2v) is 5.84.